The second-order valence-corrected chi connectivity index (χ2v) is 8.61. The fourth-order valence-corrected chi connectivity index (χ4v) is 4.17. The van der Waals surface area contributed by atoms with Gasteiger partial charge >= 0.3 is 0 Å². The molecule has 128 valence electrons. The van der Waals surface area contributed by atoms with Crippen molar-refractivity contribution in [3.05, 3.63) is 24.0 Å². The molecule has 3 fully saturated rings. The van der Waals surface area contributed by atoms with Gasteiger partial charge in [-0.15, -0.1) is 0 Å². The van der Waals surface area contributed by atoms with E-state index in [1.807, 2.05) is 0 Å². The summed E-state index contributed by atoms with van der Waals surface area (Å²) < 4.78 is 28.5. The van der Waals surface area contributed by atoms with Crippen LogP contribution in [0.25, 0.3) is 11.0 Å². The summed E-state index contributed by atoms with van der Waals surface area (Å²) in [5.41, 5.74) is 0.595. The van der Waals surface area contributed by atoms with E-state index in [-0.39, 0.29) is 22.7 Å². The molecular formula is C16H19N3O4S. The number of hydrogen-bond acceptors (Lipinski definition) is 6. The van der Waals surface area contributed by atoms with Crippen LogP contribution in [0.5, 0.6) is 0 Å². The lowest BCUT2D eigenvalue weighted by molar-refractivity contribution is 0.0618. The number of carbonyl (C=O) groups is 1. The van der Waals surface area contributed by atoms with Crippen LogP contribution in [0.15, 0.2) is 27.8 Å². The number of pyridine rings is 1. The van der Waals surface area contributed by atoms with Gasteiger partial charge in [0.2, 0.25) is 14.9 Å². The Bertz CT molecular complexity index is 897. The molecule has 0 aliphatic carbocycles. The van der Waals surface area contributed by atoms with Crippen molar-refractivity contribution in [2.24, 2.45) is 5.92 Å². The third-order valence-corrected chi connectivity index (χ3v) is 5.88. The summed E-state index contributed by atoms with van der Waals surface area (Å²) in [5.74, 6) is 0.288. The van der Waals surface area contributed by atoms with Gasteiger partial charge in [0.25, 0.3) is 5.91 Å². The average Bonchev–Trinajstić information content (AvgIpc) is 2.99. The van der Waals surface area contributed by atoms with Crippen molar-refractivity contribution in [2.75, 3.05) is 25.9 Å². The van der Waals surface area contributed by atoms with Gasteiger partial charge in [0.1, 0.15) is 11.3 Å². The predicted octanol–water partition coefficient (Wildman–Crippen LogP) is 1.06. The standard InChI is InChI=1S/C16H19N3O4S/c1-24(21,22)15-6-11-8-17-12(7-14(11)23-15)16(20)18-13-9-19-4-2-10(13)3-5-19/h6-8,10,13H,2-5,9H2,1H3,(H,18,20). The number of furan rings is 1. The van der Waals surface area contributed by atoms with Gasteiger partial charge in [-0.3, -0.25) is 9.78 Å². The normalized spacial score (nSPS) is 26.6. The molecule has 0 radical (unpaired) electrons. The number of sulfone groups is 1. The van der Waals surface area contributed by atoms with Crippen LogP contribution in [0.4, 0.5) is 0 Å². The van der Waals surface area contributed by atoms with Crippen LogP contribution in [0.1, 0.15) is 23.3 Å². The second-order valence-electron chi connectivity index (χ2n) is 6.66. The Morgan fingerprint density at radius 1 is 1.33 bits per heavy atom. The van der Waals surface area contributed by atoms with Crippen LogP contribution in [-0.4, -0.2) is 56.1 Å². The molecule has 0 saturated carbocycles. The summed E-state index contributed by atoms with van der Waals surface area (Å²) in [6.07, 6.45) is 4.79. The third-order valence-electron chi connectivity index (χ3n) is 4.95. The number of nitrogens with one attached hydrogen (secondary N) is 1. The zero-order valence-corrected chi connectivity index (χ0v) is 14.2. The zero-order chi connectivity index (χ0) is 16.9. The van der Waals surface area contributed by atoms with Crippen molar-refractivity contribution in [2.45, 2.75) is 24.0 Å². The lowest BCUT2D eigenvalue weighted by atomic mass is 9.84. The Balaban J connectivity index is 1.56. The molecule has 8 heteroatoms. The number of amides is 1. The molecule has 3 aliphatic rings. The zero-order valence-electron chi connectivity index (χ0n) is 13.4. The second kappa shape index (κ2) is 5.56. The Labute approximate surface area is 139 Å². The van der Waals surface area contributed by atoms with Gasteiger partial charge in [-0.05, 0) is 31.8 Å². The largest absolute Gasteiger partial charge is 0.445 e. The first kappa shape index (κ1) is 15.6. The number of hydrogen-bond donors (Lipinski definition) is 1. The first-order valence-electron chi connectivity index (χ1n) is 8.03. The van der Waals surface area contributed by atoms with Crippen LogP contribution in [0.2, 0.25) is 0 Å². The number of nitrogens with zero attached hydrogens (tertiary/aromatic N) is 2. The summed E-state index contributed by atoms with van der Waals surface area (Å²) in [5, 5.41) is 3.51. The van der Waals surface area contributed by atoms with E-state index in [1.165, 1.54) is 18.3 Å². The molecule has 5 rings (SSSR count). The van der Waals surface area contributed by atoms with E-state index < -0.39 is 9.84 Å². The summed E-state index contributed by atoms with van der Waals surface area (Å²) in [7, 11) is -3.43. The average molecular weight is 349 g/mol. The minimum Gasteiger partial charge on any atom is -0.445 e. The summed E-state index contributed by atoms with van der Waals surface area (Å²) >= 11 is 0. The topological polar surface area (TPSA) is 92.5 Å². The van der Waals surface area contributed by atoms with E-state index in [9.17, 15) is 13.2 Å². The fraction of sp³-hybridized carbons (Fsp3) is 0.500. The Morgan fingerprint density at radius 3 is 2.71 bits per heavy atom. The smallest absolute Gasteiger partial charge is 0.270 e. The quantitative estimate of drug-likeness (QED) is 0.891. The minimum atomic E-state index is -3.43. The van der Waals surface area contributed by atoms with Crippen molar-refractivity contribution < 1.29 is 17.6 Å². The van der Waals surface area contributed by atoms with E-state index in [0.717, 1.165) is 38.7 Å². The van der Waals surface area contributed by atoms with Crippen LogP contribution < -0.4 is 5.32 Å². The van der Waals surface area contributed by atoms with Crippen molar-refractivity contribution in [3.63, 3.8) is 0 Å². The third kappa shape index (κ3) is 2.80. The lowest BCUT2D eigenvalue weighted by Gasteiger charge is -2.44. The highest BCUT2D eigenvalue weighted by Crippen LogP contribution is 2.28. The molecule has 3 saturated heterocycles. The molecule has 0 aromatic carbocycles. The predicted molar refractivity (Wildman–Crippen MR) is 87.5 cm³/mol. The Kier molecular flexibility index (Phi) is 3.61. The van der Waals surface area contributed by atoms with E-state index in [1.54, 1.807) is 0 Å². The molecule has 24 heavy (non-hydrogen) atoms. The molecule has 7 nitrogen and oxygen atoms in total. The van der Waals surface area contributed by atoms with E-state index in [4.69, 9.17) is 4.42 Å². The Hall–Kier alpha value is -1.93. The van der Waals surface area contributed by atoms with Gasteiger partial charge in [-0.1, -0.05) is 0 Å². The first-order chi connectivity index (χ1) is 11.4. The summed E-state index contributed by atoms with van der Waals surface area (Å²) in [4.78, 5) is 19.0. The molecule has 5 heterocycles. The molecule has 0 spiro atoms. The van der Waals surface area contributed by atoms with Gasteiger partial charge in [0.05, 0.1) is 0 Å². The molecule has 1 N–H and O–H groups in total. The molecule has 1 atom stereocenters. The van der Waals surface area contributed by atoms with Crippen LogP contribution >= 0.6 is 0 Å². The summed E-state index contributed by atoms with van der Waals surface area (Å²) in [6.45, 7) is 3.11. The van der Waals surface area contributed by atoms with E-state index >= 15 is 0 Å². The molecule has 2 bridgehead atoms. The van der Waals surface area contributed by atoms with Gasteiger partial charge in [0, 0.05) is 42.6 Å². The van der Waals surface area contributed by atoms with E-state index in [0.29, 0.717) is 16.9 Å². The molecule has 3 aliphatic heterocycles. The molecule has 1 amide bonds. The van der Waals surface area contributed by atoms with Crippen LogP contribution in [-0.2, 0) is 9.84 Å². The maximum absolute atomic E-state index is 12.5. The molecule has 2 aromatic rings. The van der Waals surface area contributed by atoms with Crippen molar-refractivity contribution in [1.29, 1.82) is 0 Å². The van der Waals surface area contributed by atoms with Gasteiger partial charge in [0.15, 0.2) is 0 Å². The highest BCUT2D eigenvalue weighted by molar-refractivity contribution is 7.90. The SMILES string of the molecule is CS(=O)(=O)c1cc2cnc(C(=O)NC3CN4CCC3CC4)cc2o1. The molecular weight excluding hydrogens is 330 g/mol. The number of fused-ring (bicyclic) bond motifs is 4. The van der Waals surface area contributed by atoms with E-state index in [2.05, 4.69) is 15.2 Å². The van der Waals surface area contributed by atoms with Crippen molar-refractivity contribution >= 4 is 26.7 Å². The first-order valence-corrected chi connectivity index (χ1v) is 9.92. The highest BCUT2D eigenvalue weighted by Gasteiger charge is 2.35. The molecule has 2 aromatic heterocycles. The number of rotatable bonds is 3. The van der Waals surface area contributed by atoms with Gasteiger partial charge in [-0.25, -0.2) is 8.42 Å². The Morgan fingerprint density at radius 2 is 2.08 bits per heavy atom. The molecule has 1 unspecified atom stereocenters. The number of piperidine rings is 3. The van der Waals surface area contributed by atoms with Gasteiger partial charge in [-0.2, -0.15) is 0 Å². The monoisotopic (exact) mass is 349 g/mol. The van der Waals surface area contributed by atoms with Crippen LogP contribution in [0.3, 0.4) is 0 Å². The van der Waals surface area contributed by atoms with Crippen molar-refractivity contribution in [1.82, 2.24) is 15.2 Å². The highest BCUT2D eigenvalue weighted by atomic mass is 32.2. The minimum absolute atomic E-state index is 0.116. The number of aromatic nitrogens is 1. The maximum atomic E-state index is 12.5. The van der Waals surface area contributed by atoms with Crippen LogP contribution in [0, 0.1) is 5.92 Å². The maximum Gasteiger partial charge on any atom is 0.270 e. The fourth-order valence-electron chi connectivity index (χ4n) is 3.59. The van der Waals surface area contributed by atoms with Crippen molar-refractivity contribution in [3.8, 4) is 0 Å². The van der Waals surface area contributed by atoms with Gasteiger partial charge < -0.3 is 14.6 Å². The number of carbonyl (C=O) groups excluding carboxylic acids is 1. The summed E-state index contributed by atoms with van der Waals surface area (Å²) in [6, 6.07) is 3.08. The lowest BCUT2D eigenvalue weighted by Crippen LogP contribution is -2.57.